The summed E-state index contributed by atoms with van der Waals surface area (Å²) < 4.78 is 0. The smallest absolute Gasteiger partial charge is 0.323 e. The summed E-state index contributed by atoms with van der Waals surface area (Å²) in [5, 5.41) is 15.9. The van der Waals surface area contributed by atoms with Crippen molar-refractivity contribution in [2.24, 2.45) is 0 Å². The lowest BCUT2D eigenvalue weighted by molar-refractivity contribution is -0.135. The van der Waals surface area contributed by atoms with Gasteiger partial charge in [0.25, 0.3) is 0 Å². The summed E-state index contributed by atoms with van der Waals surface area (Å²) in [4.78, 5) is 24.3. The van der Waals surface area contributed by atoms with E-state index in [9.17, 15) is 9.59 Å². The van der Waals surface area contributed by atoms with E-state index < -0.39 is 18.5 Å². The van der Waals surface area contributed by atoms with Crippen molar-refractivity contribution >= 4 is 40.6 Å². The fourth-order valence-electron chi connectivity index (χ4n) is 1.73. The van der Waals surface area contributed by atoms with E-state index in [1.807, 2.05) is 16.8 Å². The molecule has 2 amide bonds. The van der Waals surface area contributed by atoms with Crippen LogP contribution in [0, 0.1) is 0 Å². The monoisotopic (exact) mass is 324 g/mol. The third-order valence-electron chi connectivity index (χ3n) is 2.68. The van der Waals surface area contributed by atoms with Gasteiger partial charge in [0.05, 0.1) is 0 Å². The number of hydrogen-bond acceptors (Lipinski definition) is 3. The molecule has 2 aromatic rings. The van der Waals surface area contributed by atoms with Gasteiger partial charge in [-0.1, -0.05) is 17.7 Å². The number of anilines is 1. The van der Waals surface area contributed by atoms with Crippen LogP contribution in [0.4, 0.5) is 10.5 Å². The maximum Gasteiger partial charge on any atom is 0.323 e. The van der Waals surface area contributed by atoms with E-state index in [2.05, 4.69) is 5.32 Å². The first-order valence-corrected chi connectivity index (χ1v) is 7.42. The fraction of sp³-hybridized carbons (Fsp3) is 0.143. The number of amides is 2. The largest absolute Gasteiger partial charge is 0.480 e. The standard InChI is InChI=1S/C14H13ClN2O3S/c15-11-2-1-3-12(6-11)17(8-13(18)19)14(20)16-7-10-4-5-21-9-10/h1-6,9H,7-8H2,(H,16,20)(H,18,19). The third kappa shape index (κ3) is 4.47. The predicted octanol–water partition coefficient (Wildman–Crippen LogP) is 3.20. The highest BCUT2D eigenvalue weighted by molar-refractivity contribution is 7.07. The maximum atomic E-state index is 12.2. The number of halogens is 1. The summed E-state index contributed by atoms with van der Waals surface area (Å²) in [7, 11) is 0. The quantitative estimate of drug-likeness (QED) is 0.887. The van der Waals surface area contributed by atoms with Crippen molar-refractivity contribution < 1.29 is 14.7 Å². The highest BCUT2D eigenvalue weighted by atomic mass is 35.5. The zero-order valence-corrected chi connectivity index (χ0v) is 12.5. The van der Waals surface area contributed by atoms with E-state index in [4.69, 9.17) is 16.7 Å². The van der Waals surface area contributed by atoms with E-state index in [1.54, 1.807) is 24.3 Å². The number of hydrogen-bond donors (Lipinski definition) is 2. The van der Waals surface area contributed by atoms with Crippen LogP contribution >= 0.6 is 22.9 Å². The molecular formula is C14H13ClN2O3S. The Labute approximate surface area is 130 Å². The zero-order chi connectivity index (χ0) is 15.2. The lowest BCUT2D eigenvalue weighted by atomic mass is 10.3. The van der Waals surface area contributed by atoms with Crippen LogP contribution < -0.4 is 10.2 Å². The van der Waals surface area contributed by atoms with Crippen molar-refractivity contribution in [2.45, 2.75) is 6.54 Å². The molecule has 110 valence electrons. The lowest BCUT2D eigenvalue weighted by Crippen LogP contribution is -2.42. The van der Waals surface area contributed by atoms with Gasteiger partial charge in [-0.15, -0.1) is 0 Å². The van der Waals surface area contributed by atoms with Crippen LogP contribution in [0.3, 0.4) is 0 Å². The number of rotatable bonds is 5. The van der Waals surface area contributed by atoms with E-state index in [1.165, 1.54) is 11.3 Å². The minimum Gasteiger partial charge on any atom is -0.480 e. The minimum atomic E-state index is -1.10. The van der Waals surface area contributed by atoms with Crippen LogP contribution in [0.5, 0.6) is 0 Å². The van der Waals surface area contributed by atoms with Crippen LogP contribution in [-0.2, 0) is 11.3 Å². The molecule has 2 N–H and O–H groups in total. The molecular weight excluding hydrogens is 312 g/mol. The van der Waals surface area contributed by atoms with Gasteiger partial charge >= 0.3 is 12.0 Å². The summed E-state index contributed by atoms with van der Waals surface area (Å²) in [5.74, 6) is -1.10. The molecule has 0 saturated heterocycles. The molecule has 0 spiro atoms. The van der Waals surface area contributed by atoms with Gasteiger partial charge in [0.15, 0.2) is 0 Å². The van der Waals surface area contributed by atoms with Gasteiger partial charge in [0.1, 0.15) is 6.54 Å². The van der Waals surface area contributed by atoms with Crippen LogP contribution in [0.1, 0.15) is 5.56 Å². The Morgan fingerprint density at radius 2 is 2.14 bits per heavy atom. The number of nitrogens with one attached hydrogen (secondary N) is 1. The molecule has 0 radical (unpaired) electrons. The number of nitrogens with zero attached hydrogens (tertiary/aromatic N) is 1. The van der Waals surface area contributed by atoms with Gasteiger partial charge in [0, 0.05) is 17.3 Å². The van der Waals surface area contributed by atoms with E-state index in [0.29, 0.717) is 17.3 Å². The lowest BCUT2D eigenvalue weighted by Gasteiger charge is -2.21. The molecule has 0 fully saturated rings. The fourth-order valence-corrected chi connectivity index (χ4v) is 2.58. The molecule has 0 bridgehead atoms. The van der Waals surface area contributed by atoms with Gasteiger partial charge in [-0.3, -0.25) is 9.69 Å². The van der Waals surface area contributed by atoms with Gasteiger partial charge in [-0.05, 0) is 40.6 Å². The molecule has 0 aliphatic carbocycles. The number of carbonyl (C=O) groups excluding carboxylic acids is 1. The number of thiophene rings is 1. The van der Waals surface area contributed by atoms with Crippen LogP contribution in [0.25, 0.3) is 0 Å². The Hall–Kier alpha value is -2.05. The van der Waals surface area contributed by atoms with Crippen LogP contribution in [0.15, 0.2) is 41.1 Å². The van der Waals surface area contributed by atoms with Crippen LogP contribution in [-0.4, -0.2) is 23.7 Å². The molecule has 1 heterocycles. The molecule has 0 atom stereocenters. The summed E-state index contributed by atoms with van der Waals surface area (Å²) >= 11 is 7.42. The first-order chi connectivity index (χ1) is 10.1. The number of carboxylic acids is 1. The Balaban J connectivity index is 2.11. The number of benzene rings is 1. The summed E-state index contributed by atoms with van der Waals surface area (Å²) in [6.45, 7) is -0.0885. The van der Waals surface area contributed by atoms with Crippen molar-refractivity contribution in [3.63, 3.8) is 0 Å². The molecule has 0 aliphatic heterocycles. The minimum absolute atomic E-state index is 0.346. The highest BCUT2D eigenvalue weighted by Gasteiger charge is 2.18. The summed E-state index contributed by atoms with van der Waals surface area (Å²) in [6, 6.07) is 7.93. The van der Waals surface area contributed by atoms with Gasteiger partial charge in [-0.2, -0.15) is 11.3 Å². The van der Waals surface area contributed by atoms with E-state index >= 15 is 0 Å². The van der Waals surface area contributed by atoms with Gasteiger partial charge < -0.3 is 10.4 Å². The molecule has 0 aliphatic rings. The van der Waals surface area contributed by atoms with Gasteiger partial charge in [-0.25, -0.2) is 4.79 Å². The number of urea groups is 1. The van der Waals surface area contributed by atoms with Crippen molar-refractivity contribution in [1.82, 2.24) is 5.32 Å². The van der Waals surface area contributed by atoms with Crippen molar-refractivity contribution in [3.05, 3.63) is 51.7 Å². The molecule has 0 saturated carbocycles. The Bertz CT molecular complexity index is 631. The molecule has 21 heavy (non-hydrogen) atoms. The van der Waals surface area contributed by atoms with E-state index in [-0.39, 0.29) is 0 Å². The predicted molar refractivity (Wildman–Crippen MR) is 83.0 cm³/mol. The average molecular weight is 325 g/mol. The Morgan fingerprint density at radius 1 is 1.33 bits per heavy atom. The Morgan fingerprint density at radius 3 is 2.76 bits per heavy atom. The van der Waals surface area contributed by atoms with Crippen molar-refractivity contribution in [2.75, 3.05) is 11.4 Å². The average Bonchev–Trinajstić information content (AvgIpc) is 2.95. The molecule has 1 aromatic carbocycles. The first kappa shape index (κ1) is 15.3. The first-order valence-electron chi connectivity index (χ1n) is 6.10. The number of aliphatic carboxylic acids is 1. The number of carbonyl (C=O) groups is 2. The highest BCUT2D eigenvalue weighted by Crippen LogP contribution is 2.19. The molecule has 2 rings (SSSR count). The second kappa shape index (κ2) is 7.10. The van der Waals surface area contributed by atoms with Crippen LogP contribution in [0.2, 0.25) is 5.02 Å². The zero-order valence-electron chi connectivity index (χ0n) is 11.0. The molecule has 0 unspecified atom stereocenters. The molecule has 7 heteroatoms. The van der Waals surface area contributed by atoms with Crippen molar-refractivity contribution in [3.8, 4) is 0 Å². The molecule has 1 aromatic heterocycles. The Kier molecular flexibility index (Phi) is 5.19. The molecule has 5 nitrogen and oxygen atoms in total. The number of carboxylic acid groups (broad SMARTS) is 1. The normalized spacial score (nSPS) is 10.1. The maximum absolute atomic E-state index is 12.2. The van der Waals surface area contributed by atoms with E-state index in [0.717, 1.165) is 10.5 Å². The summed E-state index contributed by atoms with van der Waals surface area (Å²) in [5.41, 5.74) is 1.41. The van der Waals surface area contributed by atoms with Gasteiger partial charge in [0.2, 0.25) is 0 Å². The SMILES string of the molecule is O=C(O)CN(C(=O)NCc1ccsc1)c1cccc(Cl)c1. The van der Waals surface area contributed by atoms with Crippen molar-refractivity contribution in [1.29, 1.82) is 0 Å². The summed E-state index contributed by atoms with van der Waals surface area (Å²) in [6.07, 6.45) is 0. The second-order valence-electron chi connectivity index (χ2n) is 4.25. The third-order valence-corrected chi connectivity index (χ3v) is 3.65. The topological polar surface area (TPSA) is 69.6 Å². The second-order valence-corrected chi connectivity index (χ2v) is 5.47.